The molecule has 3 aromatic rings. The summed E-state index contributed by atoms with van der Waals surface area (Å²) in [7, 11) is -1.07. The molecule has 2 N–H and O–H groups in total. The molecule has 0 aliphatic rings. The van der Waals surface area contributed by atoms with Gasteiger partial charge in [-0.1, -0.05) is 42.5 Å². The molecule has 0 spiro atoms. The first-order valence-corrected chi connectivity index (χ1v) is 9.35. The second kappa shape index (κ2) is 8.92. The minimum Gasteiger partial charge on any atom is -1.00 e. The van der Waals surface area contributed by atoms with Crippen LogP contribution in [0.25, 0.3) is 0 Å². The van der Waals surface area contributed by atoms with E-state index in [0.29, 0.717) is 0 Å². The van der Waals surface area contributed by atoms with Gasteiger partial charge in [-0.05, 0) is 35.9 Å². The van der Waals surface area contributed by atoms with Gasteiger partial charge in [0, 0.05) is 6.07 Å². The van der Waals surface area contributed by atoms with Gasteiger partial charge in [0.15, 0.2) is 0 Å². The molecular formula is C19H18IN2O2P. The van der Waals surface area contributed by atoms with Crippen molar-refractivity contribution in [2.24, 2.45) is 0 Å². The number of nitro benzene ring substituents is 1. The van der Waals surface area contributed by atoms with Crippen molar-refractivity contribution in [3.63, 3.8) is 0 Å². The molecule has 6 heteroatoms. The minimum atomic E-state index is -1.07. The van der Waals surface area contributed by atoms with Crippen molar-refractivity contribution in [1.29, 1.82) is 0 Å². The lowest BCUT2D eigenvalue weighted by Gasteiger charge is -2.11. The standard InChI is InChI=1S/C19H17N2O2P.HI/c20-18-12-11-15(13-19(18)21(22)23)14-24(16-7-3-1-4-8-16)17-9-5-2-6-10-17;/h1-13H,14,20H2;1H. The summed E-state index contributed by atoms with van der Waals surface area (Å²) >= 11 is 0. The van der Waals surface area contributed by atoms with Crippen LogP contribution in [-0.4, -0.2) is 4.92 Å². The molecule has 0 saturated carbocycles. The number of nitro groups is 1. The summed E-state index contributed by atoms with van der Waals surface area (Å²) in [5.41, 5.74) is 6.84. The number of halogens is 1. The van der Waals surface area contributed by atoms with Crippen LogP contribution in [0.4, 0.5) is 11.4 Å². The number of benzene rings is 3. The van der Waals surface area contributed by atoms with Crippen LogP contribution >= 0.6 is 7.92 Å². The molecule has 0 atom stereocenters. The molecule has 0 aromatic heterocycles. The Hall–Kier alpha value is -1.98. The normalized spacial score (nSPS) is 10.3. The van der Waals surface area contributed by atoms with Gasteiger partial charge in [0.1, 0.15) is 5.69 Å². The molecule has 0 aliphatic heterocycles. The highest BCUT2D eigenvalue weighted by atomic mass is 127. The third-order valence-corrected chi connectivity index (χ3v) is 6.74. The molecule has 0 aliphatic carbocycles. The lowest BCUT2D eigenvalue weighted by Crippen LogP contribution is -3.00. The van der Waals surface area contributed by atoms with E-state index < -0.39 is 12.8 Å². The van der Waals surface area contributed by atoms with E-state index in [1.54, 1.807) is 12.1 Å². The number of hydrogen-bond acceptors (Lipinski definition) is 3. The van der Waals surface area contributed by atoms with Crippen molar-refractivity contribution in [2.45, 2.75) is 6.16 Å². The van der Waals surface area contributed by atoms with E-state index >= 15 is 0 Å². The Morgan fingerprint density at radius 1 is 0.880 bits per heavy atom. The van der Waals surface area contributed by atoms with E-state index in [1.807, 2.05) is 42.5 Å². The largest absolute Gasteiger partial charge is 1.00 e. The van der Waals surface area contributed by atoms with Crippen LogP contribution in [0.15, 0.2) is 78.9 Å². The summed E-state index contributed by atoms with van der Waals surface area (Å²) in [5.74, 6) is 0. The van der Waals surface area contributed by atoms with Gasteiger partial charge in [-0.2, -0.15) is 0 Å². The van der Waals surface area contributed by atoms with Crippen molar-refractivity contribution >= 4 is 29.9 Å². The zero-order chi connectivity index (χ0) is 16.9. The Kier molecular flexibility index (Phi) is 6.91. The fraction of sp³-hybridized carbons (Fsp3) is 0.0526. The fourth-order valence-electron chi connectivity index (χ4n) is 2.71. The monoisotopic (exact) mass is 464 g/mol. The van der Waals surface area contributed by atoms with Crippen molar-refractivity contribution in [1.82, 2.24) is 0 Å². The predicted molar refractivity (Wildman–Crippen MR) is 102 cm³/mol. The fourth-order valence-corrected chi connectivity index (χ4v) is 5.27. The molecule has 0 bridgehead atoms. The molecule has 0 radical (unpaired) electrons. The number of nitrogens with zero attached hydrogens (tertiary/aromatic N) is 1. The third-order valence-electron chi connectivity index (χ3n) is 3.92. The average molecular weight is 464 g/mol. The van der Waals surface area contributed by atoms with Crippen molar-refractivity contribution in [3.8, 4) is 0 Å². The predicted octanol–water partition coefficient (Wildman–Crippen LogP) is 0.546. The average Bonchev–Trinajstić information content (AvgIpc) is 2.62. The Morgan fingerprint density at radius 3 is 1.88 bits per heavy atom. The van der Waals surface area contributed by atoms with Crippen molar-refractivity contribution in [2.75, 3.05) is 5.73 Å². The highest BCUT2D eigenvalue weighted by molar-refractivity contribution is 7.72. The van der Waals surface area contributed by atoms with Gasteiger partial charge in [-0.3, -0.25) is 10.1 Å². The molecule has 3 aromatic carbocycles. The van der Waals surface area contributed by atoms with Crippen molar-refractivity contribution < 1.29 is 28.9 Å². The van der Waals surface area contributed by atoms with Crippen LogP contribution in [0.1, 0.15) is 5.56 Å². The van der Waals surface area contributed by atoms with E-state index in [2.05, 4.69) is 24.3 Å². The molecule has 3 rings (SSSR count). The summed E-state index contributed by atoms with van der Waals surface area (Å²) in [4.78, 5) is 10.7. The summed E-state index contributed by atoms with van der Waals surface area (Å²) in [6, 6.07) is 25.8. The topological polar surface area (TPSA) is 69.2 Å². The number of rotatable bonds is 5. The Labute approximate surface area is 165 Å². The maximum absolute atomic E-state index is 11.1. The molecule has 25 heavy (non-hydrogen) atoms. The zero-order valence-electron chi connectivity index (χ0n) is 13.4. The molecule has 4 nitrogen and oxygen atoms in total. The van der Waals surface area contributed by atoms with Gasteiger partial charge in [-0.25, -0.2) is 0 Å². The van der Waals surface area contributed by atoms with Crippen LogP contribution < -0.4 is 40.3 Å². The lowest BCUT2D eigenvalue weighted by molar-refractivity contribution is -0.383. The van der Waals surface area contributed by atoms with Crippen LogP contribution in [0.5, 0.6) is 0 Å². The molecule has 0 saturated heterocycles. The van der Waals surface area contributed by atoms with Gasteiger partial charge >= 0.3 is 0 Å². The highest BCUT2D eigenvalue weighted by Crippen LogP contribution is 2.39. The number of anilines is 1. The summed E-state index contributed by atoms with van der Waals surface area (Å²) in [5, 5.41) is 13.7. The summed E-state index contributed by atoms with van der Waals surface area (Å²) in [6.07, 6.45) is 0.778. The highest BCUT2D eigenvalue weighted by Gasteiger charge is 2.24. The number of nitrogen functional groups attached to an aromatic ring is 1. The van der Waals surface area contributed by atoms with E-state index in [1.165, 1.54) is 10.6 Å². The smallest absolute Gasteiger partial charge is 0.292 e. The van der Waals surface area contributed by atoms with Gasteiger partial charge in [0.25, 0.3) is 5.69 Å². The zero-order valence-corrected chi connectivity index (χ0v) is 16.6. The van der Waals surface area contributed by atoms with E-state index in [9.17, 15) is 10.1 Å². The molecule has 0 unspecified atom stereocenters. The second-order valence-electron chi connectivity index (χ2n) is 5.54. The lowest BCUT2D eigenvalue weighted by atomic mass is 10.2. The maximum atomic E-state index is 11.1. The summed E-state index contributed by atoms with van der Waals surface area (Å²) in [6.45, 7) is 0. The minimum absolute atomic E-state index is 0. The molecule has 128 valence electrons. The molecular weight excluding hydrogens is 446 g/mol. The Morgan fingerprint density at radius 2 is 1.40 bits per heavy atom. The SMILES string of the molecule is Nc1ccc(C[PH+](c2ccccc2)c2ccccc2)cc1[N+](=O)[O-].[I-]. The van der Waals surface area contributed by atoms with E-state index in [-0.39, 0.29) is 35.4 Å². The first kappa shape index (κ1) is 19.3. The third kappa shape index (κ3) is 4.77. The van der Waals surface area contributed by atoms with Crippen LogP contribution in [0, 0.1) is 10.1 Å². The first-order valence-electron chi connectivity index (χ1n) is 7.64. The Balaban J connectivity index is 0.00000225. The molecule has 0 amide bonds. The van der Waals surface area contributed by atoms with Gasteiger partial charge in [0.05, 0.1) is 29.6 Å². The second-order valence-corrected chi connectivity index (χ2v) is 8.00. The molecule has 0 fully saturated rings. The van der Waals surface area contributed by atoms with Crippen molar-refractivity contribution in [3.05, 3.63) is 94.5 Å². The van der Waals surface area contributed by atoms with Gasteiger partial charge in [0.2, 0.25) is 0 Å². The van der Waals surface area contributed by atoms with Crippen LogP contribution in [0.3, 0.4) is 0 Å². The maximum Gasteiger partial charge on any atom is 0.292 e. The van der Waals surface area contributed by atoms with Crippen LogP contribution in [-0.2, 0) is 6.16 Å². The number of nitrogens with two attached hydrogens (primary N) is 1. The van der Waals surface area contributed by atoms with Crippen LogP contribution in [0.2, 0.25) is 0 Å². The van der Waals surface area contributed by atoms with Gasteiger partial charge in [-0.15, -0.1) is 0 Å². The first-order chi connectivity index (χ1) is 11.6. The summed E-state index contributed by atoms with van der Waals surface area (Å²) < 4.78 is 0. The van der Waals surface area contributed by atoms with Gasteiger partial charge < -0.3 is 29.7 Å². The van der Waals surface area contributed by atoms with E-state index in [0.717, 1.165) is 11.7 Å². The Bertz CT molecular complexity index is 805. The van der Waals surface area contributed by atoms with E-state index in [4.69, 9.17) is 5.73 Å². The number of hydrogen-bond donors (Lipinski definition) is 1. The quantitative estimate of drug-likeness (QED) is 0.197. The molecule has 0 heterocycles.